The van der Waals surface area contributed by atoms with Gasteiger partial charge in [-0.2, -0.15) is 5.10 Å². The lowest BCUT2D eigenvalue weighted by molar-refractivity contribution is 0.0947. The highest BCUT2D eigenvalue weighted by molar-refractivity contribution is 7.91. The molecule has 0 saturated heterocycles. The van der Waals surface area contributed by atoms with Gasteiger partial charge in [-0.3, -0.25) is 4.79 Å². The molecule has 1 aromatic heterocycles. The van der Waals surface area contributed by atoms with Gasteiger partial charge in [-0.05, 0) is 68.5 Å². The highest BCUT2D eigenvalue weighted by atomic mass is 32.2. The van der Waals surface area contributed by atoms with Gasteiger partial charge in [-0.1, -0.05) is 18.2 Å². The Balaban J connectivity index is 1.44. The molecule has 0 saturated carbocycles. The van der Waals surface area contributed by atoms with Crippen molar-refractivity contribution in [1.82, 2.24) is 15.1 Å². The van der Waals surface area contributed by atoms with E-state index in [1.165, 1.54) is 12.1 Å². The van der Waals surface area contributed by atoms with Crippen molar-refractivity contribution in [2.24, 2.45) is 0 Å². The van der Waals surface area contributed by atoms with Crippen LogP contribution < -0.4 is 5.32 Å². The van der Waals surface area contributed by atoms with Crippen molar-refractivity contribution in [1.29, 1.82) is 0 Å². The minimum Gasteiger partial charge on any atom is -0.351 e. The van der Waals surface area contributed by atoms with Gasteiger partial charge in [0.05, 0.1) is 16.3 Å². The molecule has 1 heterocycles. The van der Waals surface area contributed by atoms with Crippen LogP contribution in [0.3, 0.4) is 0 Å². The predicted octanol–water partition coefficient (Wildman–Crippen LogP) is 3.48. The molecule has 0 aliphatic heterocycles. The number of rotatable bonds is 7. The lowest BCUT2D eigenvalue weighted by Crippen LogP contribution is -2.27. The van der Waals surface area contributed by atoms with Gasteiger partial charge >= 0.3 is 0 Å². The molecule has 1 aliphatic carbocycles. The molecule has 162 valence electrons. The van der Waals surface area contributed by atoms with Crippen LogP contribution in [0.15, 0.2) is 59.5 Å². The Morgan fingerprint density at radius 3 is 2.48 bits per heavy atom. The Morgan fingerprint density at radius 1 is 1.03 bits per heavy atom. The first kappa shape index (κ1) is 21.2. The number of hydrogen-bond donors (Lipinski definition) is 1. The summed E-state index contributed by atoms with van der Waals surface area (Å²) in [6.45, 7) is 0.239. The SMILES string of the molecule is O=C(NCCCS(=O)(=O)c1ccccc1)c1nn(-c2ccc(F)cc2)c2c1CCCC2. The van der Waals surface area contributed by atoms with Crippen molar-refractivity contribution in [2.45, 2.75) is 37.0 Å². The van der Waals surface area contributed by atoms with Gasteiger partial charge in [0.15, 0.2) is 15.5 Å². The number of carbonyl (C=O) groups is 1. The van der Waals surface area contributed by atoms with E-state index in [1.54, 1.807) is 47.1 Å². The molecule has 3 aromatic rings. The van der Waals surface area contributed by atoms with Crippen LogP contribution in [-0.4, -0.2) is 36.4 Å². The maximum absolute atomic E-state index is 13.3. The van der Waals surface area contributed by atoms with E-state index >= 15 is 0 Å². The van der Waals surface area contributed by atoms with Crippen LogP contribution in [-0.2, 0) is 22.7 Å². The first-order chi connectivity index (χ1) is 15.0. The summed E-state index contributed by atoms with van der Waals surface area (Å²) < 4.78 is 39.8. The van der Waals surface area contributed by atoms with Gasteiger partial charge in [0.2, 0.25) is 0 Å². The Morgan fingerprint density at radius 2 is 1.74 bits per heavy atom. The van der Waals surface area contributed by atoms with E-state index in [9.17, 15) is 17.6 Å². The first-order valence-corrected chi connectivity index (χ1v) is 12.0. The lowest BCUT2D eigenvalue weighted by atomic mass is 9.95. The van der Waals surface area contributed by atoms with E-state index in [1.807, 2.05) is 0 Å². The normalized spacial score (nSPS) is 13.6. The molecule has 1 amide bonds. The fraction of sp³-hybridized carbons (Fsp3) is 0.304. The van der Waals surface area contributed by atoms with E-state index in [4.69, 9.17) is 0 Å². The lowest BCUT2D eigenvalue weighted by Gasteiger charge is -2.14. The van der Waals surface area contributed by atoms with Gasteiger partial charge in [0.1, 0.15) is 5.82 Å². The Labute approximate surface area is 181 Å². The number of benzene rings is 2. The molecule has 0 bridgehead atoms. The van der Waals surface area contributed by atoms with E-state index in [2.05, 4.69) is 10.4 Å². The molecule has 0 fully saturated rings. The standard InChI is InChI=1S/C23H24FN3O3S/c24-17-11-13-18(14-12-17)27-21-10-5-4-9-20(21)22(26-27)23(28)25-15-6-16-31(29,30)19-7-2-1-3-8-19/h1-3,7-8,11-14H,4-6,9-10,15-16H2,(H,25,28). The monoisotopic (exact) mass is 441 g/mol. The average Bonchev–Trinajstić information content (AvgIpc) is 3.18. The van der Waals surface area contributed by atoms with Crippen LogP contribution in [0.25, 0.3) is 5.69 Å². The van der Waals surface area contributed by atoms with Crippen molar-refractivity contribution in [2.75, 3.05) is 12.3 Å². The second-order valence-corrected chi connectivity index (χ2v) is 9.72. The minimum atomic E-state index is -3.37. The highest BCUT2D eigenvalue weighted by Crippen LogP contribution is 2.27. The largest absolute Gasteiger partial charge is 0.351 e. The smallest absolute Gasteiger partial charge is 0.272 e. The van der Waals surface area contributed by atoms with Gasteiger partial charge < -0.3 is 5.32 Å². The number of hydrogen-bond acceptors (Lipinski definition) is 4. The van der Waals surface area contributed by atoms with E-state index in [-0.39, 0.29) is 28.9 Å². The second kappa shape index (κ2) is 9.01. The summed E-state index contributed by atoms with van der Waals surface area (Å²) in [4.78, 5) is 13.1. The Bertz CT molecular complexity index is 1170. The van der Waals surface area contributed by atoms with Crippen LogP contribution in [0.4, 0.5) is 4.39 Å². The molecular weight excluding hydrogens is 417 g/mol. The van der Waals surface area contributed by atoms with Gasteiger partial charge in [0.25, 0.3) is 5.91 Å². The fourth-order valence-electron chi connectivity index (χ4n) is 3.87. The van der Waals surface area contributed by atoms with E-state index in [0.29, 0.717) is 17.8 Å². The van der Waals surface area contributed by atoms with Crippen molar-refractivity contribution >= 4 is 15.7 Å². The zero-order valence-electron chi connectivity index (χ0n) is 17.1. The second-order valence-electron chi connectivity index (χ2n) is 7.61. The molecular formula is C23H24FN3O3S. The molecule has 0 atom stereocenters. The summed E-state index contributed by atoms with van der Waals surface area (Å²) in [5.74, 6) is -0.677. The van der Waals surface area contributed by atoms with Gasteiger partial charge in [-0.25, -0.2) is 17.5 Å². The van der Waals surface area contributed by atoms with Crippen LogP contribution in [0.2, 0.25) is 0 Å². The molecule has 4 rings (SSSR count). The molecule has 2 aromatic carbocycles. The van der Waals surface area contributed by atoms with Crippen molar-refractivity contribution in [3.05, 3.63) is 77.4 Å². The first-order valence-electron chi connectivity index (χ1n) is 10.4. The van der Waals surface area contributed by atoms with E-state index < -0.39 is 9.84 Å². The Hall–Kier alpha value is -3.00. The maximum atomic E-state index is 13.3. The van der Waals surface area contributed by atoms with Crippen LogP contribution in [0.1, 0.15) is 41.0 Å². The molecule has 6 nitrogen and oxygen atoms in total. The van der Waals surface area contributed by atoms with Gasteiger partial charge in [-0.15, -0.1) is 0 Å². The Kier molecular flexibility index (Phi) is 6.18. The van der Waals surface area contributed by atoms with E-state index in [0.717, 1.165) is 36.9 Å². The molecule has 1 N–H and O–H groups in total. The zero-order valence-corrected chi connectivity index (χ0v) is 17.9. The summed E-state index contributed by atoms with van der Waals surface area (Å²) in [5.41, 5.74) is 2.98. The number of nitrogens with one attached hydrogen (secondary N) is 1. The molecule has 0 unspecified atom stereocenters. The summed E-state index contributed by atoms with van der Waals surface area (Å²) in [5, 5.41) is 7.34. The number of amides is 1. The van der Waals surface area contributed by atoms with Crippen LogP contribution in [0.5, 0.6) is 0 Å². The zero-order chi connectivity index (χ0) is 21.8. The number of sulfone groups is 1. The fourth-order valence-corrected chi connectivity index (χ4v) is 5.20. The molecule has 31 heavy (non-hydrogen) atoms. The van der Waals surface area contributed by atoms with Gasteiger partial charge in [0, 0.05) is 17.8 Å². The minimum absolute atomic E-state index is 0.0422. The summed E-state index contributed by atoms with van der Waals surface area (Å²) in [6.07, 6.45) is 3.88. The number of nitrogens with zero attached hydrogens (tertiary/aromatic N) is 2. The van der Waals surface area contributed by atoms with Crippen molar-refractivity contribution in [3.63, 3.8) is 0 Å². The molecule has 0 spiro atoms. The van der Waals surface area contributed by atoms with Crippen LogP contribution in [0, 0.1) is 5.82 Å². The van der Waals surface area contributed by atoms with Crippen LogP contribution >= 0.6 is 0 Å². The quantitative estimate of drug-likeness (QED) is 0.569. The number of fused-ring (bicyclic) bond motifs is 1. The highest BCUT2D eigenvalue weighted by Gasteiger charge is 2.25. The topological polar surface area (TPSA) is 81.1 Å². The van der Waals surface area contributed by atoms with Crippen molar-refractivity contribution in [3.8, 4) is 5.69 Å². The maximum Gasteiger partial charge on any atom is 0.272 e. The third-order valence-electron chi connectivity index (χ3n) is 5.44. The third-order valence-corrected chi connectivity index (χ3v) is 7.26. The summed E-state index contributed by atoms with van der Waals surface area (Å²) in [6, 6.07) is 14.3. The summed E-state index contributed by atoms with van der Waals surface area (Å²) in [7, 11) is -3.37. The third kappa shape index (κ3) is 4.69. The number of carbonyl (C=O) groups excluding carboxylic acids is 1. The molecule has 8 heteroatoms. The predicted molar refractivity (Wildman–Crippen MR) is 116 cm³/mol. The molecule has 1 aliphatic rings. The van der Waals surface area contributed by atoms with Crippen molar-refractivity contribution < 1.29 is 17.6 Å². The summed E-state index contributed by atoms with van der Waals surface area (Å²) >= 11 is 0. The number of halogens is 1. The number of aromatic nitrogens is 2. The average molecular weight is 442 g/mol. The molecule has 0 radical (unpaired) electrons.